The number of amides is 2. The van der Waals surface area contributed by atoms with Crippen LogP contribution in [-0.2, 0) is 6.42 Å². The van der Waals surface area contributed by atoms with Crippen LogP contribution in [0.1, 0.15) is 70.2 Å². The second-order valence-electron chi connectivity index (χ2n) is 8.83. The molecule has 0 aliphatic rings. The van der Waals surface area contributed by atoms with E-state index in [0.717, 1.165) is 51.4 Å². The Kier molecular flexibility index (Phi) is 10.5. The molecule has 0 fully saturated rings. The van der Waals surface area contributed by atoms with Crippen LogP contribution in [0.5, 0.6) is 0 Å². The topological polar surface area (TPSA) is 118 Å². The molecule has 2 aromatic carbocycles. The van der Waals surface area contributed by atoms with Crippen molar-refractivity contribution in [3.63, 3.8) is 0 Å². The first kappa shape index (κ1) is 28.4. The third-order valence-corrected chi connectivity index (χ3v) is 5.81. The van der Waals surface area contributed by atoms with E-state index in [0.29, 0.717) is 18.1 Å². The van der Waals surface area contributed by atoms with Gasteiger partial charge >= 0.3 is 6.03 Å². The zero-order valence-electron chi connectivity index (χ0n) is 22.6. The Hall–Kier alpha value is -3.87. The van der Waals surface area contributed by atoms with Crippen LogP contribution in [0.15, 0.2) is 58.5 Å². The Morgan fingerprint density at radius 1 is 0.917 bits per heavy atom. The smallest absolute Gasteiger partial charge is 0.323 e. The van der Waals surface area contributed by atoms with Gasteiger partial charge in [-0.3, -0.25) is 0 Å². The van der Waals surface area contributed by atoms with E-state index in [9.17, 15) is 4.79 Å². The molecule has 0 atom stereocenters. The molecule has 0 aliphatic carbocycles. The molecule has 6 N–H and O–H groups in total. The molecule has 7 heteroatoms. The maximum Gasteiger partial charge on any atom is 0.323 e. The van der Waals surface area contributed by atoms with Gasteiger partial charge in [0.2, 0.25) is 0 Å². The quantitative estimate of drug-likeness (QED) is 0.232. The molecule has 0 aromatic heterocycles. The van der Waals surface area contributed by atoms with Gasteiger partial charge in [-0.2, -0.15) is 0 Å². The molecule has 2 rings (SSSR count). The number of aliphatic imine (C=N–C) groups is 2. The van der Waals surface area contributed by atoms with Gasteiger partial charge in [0.1, 0.15) is 5.84 Å². The van der Waals surface area contributed by atoms with E-state index in [4.69, 9.17) is 11.5 Å². The molecule has 2 aromatic rings. The van der Waals surface area contributed by atoms with Crippen molar-refractivity contribution in [3.05, 3.63) is 70.8 Å². The van der Waals surface area contributed by atoms with Crippen molar-refractivity contribution in [2.24, 2.45) is 27.4 Å². The van der Waals surface area contributed by atoms with E-state index >= 15 is 0 Å². The highest BCUT2D eigenvalue weighted by Gasteiger charge is 2.12. The minimum Gasteiger partial charge on any atom is -0.387 e. The number of aryl methyl sites for hydroxylation is 2. The van der Waals surface area contributed by atoms with Crippen molar-refractivity contribution in [2.75, 3.05) is 10.6 Å². The predicted octanol–water partition coefficient (Wildman–Crippen LogP) is 6.70. The van der Waals surface area contributed by atoms with Gasteiger partial charge in [0.05, 0.1) is 17.2 Å². The van der Waals surface area contributed by atoms with E-state index in [-0.39, 0.29) is 11.9 Å². The number of nitrogens with zero attached hydrogens (tertiary/aromatic N) is 2. The van der Waals surface area contributed by atoms with Crippen molar-refractivity contribution in [1.82, 2.24) is 0 Å². The maximum atomic E-state index is 12.8. The standard InChI is InChI=1S/C29H40N6O/c1-8-20-17-22(24(10-3)33-28(31)18(5)6)13-15-26(20)35-29(36)34-25-14-12-21(16-19(25)7)23(9-2)32-27(30)11-4/h9-10,12-18H,8,11H2,1-7H3,(H2,30,32)(H2,31,33)(H2,34,35,36)/b23-9-,24-10-. The molecule has 0 bridgehead atoms. The molecule has 0 aliphatic heterocycles. The van der Waals surface area contributed by atoms with Crippen LogP contribution >= 0.6 is 0 Å². The summed E-state index contributed by atoms with van der Waals surface area (Å²) in [5.41, 5.74) is 18.9. The lowest BCUT2D eigenvalue weighted by molar-refractivity contribution is 0.262. The Bertz CT molecular complexity index is 1200. The van der Waals surface area contributed by atoms with Crippen LogP contribution in [0, 0.1) is 12.8 Å². The van der Waals surface area contributed by atoms with Gasteiger partial charge in [-0.1, -0.05) is 52.0 Å². The van der Waals surface area contributed by atoms with Gasteiger partial charge in [-0.25, -0.2) is 14.8 Å². The summed E-state index contributed by atoms with van der Waals surface area (Å²) in [6.07, 6.45) is 5.31. The van der Waals surface area contributed by atoms with Crippen molar-refractivity contribution >= 4 is 40.5 Å². The number of urea groups is 1. The summed E-state index contributed by atoms with van der Waals surface area (Å²) < 4.78 is 0. The molecule has 192 valence electrons. The Labute approximate surface area is 215 Å². The number of hydrogen-bond donors (Lipinski definition) is 4. The Morgan fingerprint density at radius 3 is 2.00 bits per heavy atom. The second-order valence-corrected chi connectivity index (χ2v) is 8.83. The lowest BCUT2D eigenvalue weighted by Crippen LogP contribution is -2.21. The van der Waals surface area contributed by atoms with E-state index in [1.54, 1.807) is 0 Å². The van der Waals surface area contributed by atoms with Crippen LogP contribution in [0.4, 0.5) is 16.2 Å². The molecule has 0 radical (unpaired) electrons. The van der Waals surface area contributed by atoms with E-state index < -0.39 is 0 Å². The summed E-state index contributed by atoms with van der Waals surface area (Å²) in [7, 11) is 0. The molecule has 2 amide bonds. The molecule has 36 heavy (non-hydrogen) atoms. The molecule has 0 saturated carbocycles. The third kappa shape index (κ3) is 7.57. The molecule has 0 spiro atoms. The number of hydrogen-bond acceptors (Lipinski definition) is 3. The van der Waals surface area contributed by atoms with Crippen LogP contribution < -0.4 is 22.1 Å². The molecule has 0 saturated heterocycles. The zero-order chi connectivity index (χ0) is 26.8. The number of anilines is 2. The summed E-state index contributed by atoms with van der Waals surface area (Å²) in [6, 6.07) is 11.4. The van der Waals surface area contributed by atoms with Gasteiger partial charge in [0.15, 0.2) is 0 Å². The number of amidine groups is 2. The van der Waals surface area contributed by atoms with Crippen LogP contribution in [-0.4, -0.2) is 17.7 Å². The normalized spacial score (nSPS) is 13.2. The van der Waals surface area contributed by atoms with Crippen molar-refractivity contribution in [1.29, 1.82) is 0 Å². The third-order valence-electron chi connectivity index (χ3n) is 5.81. The molecule has 0 unspecified atom stereocenters. The number of carbonyl (C=O) groups excluding carboxylic acids is 1. The number of rotatable bonds is 9. The number of benzene rings is 2. The van der Waals surface area contributed by atoms with Gasteiger partial charge in [-0.05, 0) is 62.6 Å². The minimum absolute atomic E-state index is 0.166. The van der Waals surface area contributed by atoms with E-state index in [2.05, 4.69) is 27.5 Å². The first-order valence-corrected chi connectivity index (χ1v) is 12.4. The van der Waals surface area contributed by atoms with Crippen LogP contribution in [0.25, 0.3) is 11.4 Å². The summed E-state index contributed by atoms with van der Waals surface area (Å²) in [5, 5.41) is 5.94. The number of carbonyl (C=O) groups is 1. The van der Waals surface area contributed by atoms with Crippen LogP contribution in [0.3, 0.4) is 0 Å². The molecule has 7 nitrogen and oxygen atoms in total. The number of nitrogens with one attached hydrogen (secondary N) is 2. The van der Waals surface area contributed by atoms with Gasteiger partial charge < -0.3 is 22.1 Å². The molecular formula is C29H40N6O. The van der Waals surface area contributed by atoms with Gasteiger partial charge in [-0.15, -0.1) is 0 Å². The van der Waals surface area contributed by atoms with Crippen molar-refractivity contribution in [3.8, 4) is 0 Å². The average Bonchev–Trinajstić information content (AvgIpc) is 2.86. The predicted molar refractivity (Wildman–Crippen MR) is 155 cm³/mol. The molecular weight excluding hydrogens is 448 g/mol. The first-order chi connectivity index (χ1) is 17.1. The summed E-state index contributed by atoms with van der Waals surface area (Å²) in [6.45, 7) is 13.9. The fraction of sp³-hybridized carbons (Fsp3) is 0.345. The maximum absolute atomic E-state index is 12.8. The van der Waals surface area contributed by atoms with Crippen LogP contribution in [0.2, 0.25) is 0 Å². The lowest BCUT2D eigenvalue weighted by Gasteiger charge is -2.15. The highest BCUT2D eigenvalue weighted by molar-refractivity contribution is 6.01. The lowest BCUT2D eigenvalue weighted by atomic mass is 10.0. The average molecular weight is 489 g/mol. The SMILES string of the molecule is C/C=C(\N=C(N)CC)c1ccc(NC(=O)Nc2ccc(/C(=C/C)N=C(N)C(C)C)cc2CC)c(C)c1. The second kappa shape index (κ2) is 13.3. The highest BCUT2D eigenvalue weighted by atomic mass is 16.2. The van der Waals surface area contributed by atoms with Gasteiger partial charge in [0, 0.05) is 34.8 Å². The summed E-state index contributed by atoms with van der Waals surface area (Å²) >= 11 is 0. The van der Waals surface area contributed by atoms with Gasteiger partial charge in [0.25, 0.3) is 0 Å². The Balaban J connectivity index is 2.21. The summed E-state index contributed by atoms with van der Waals surface area (Å²) in [5.74, 6) is 1.34. The zero-order valence-corrected chi connectivity index (χ0v) is 22.6. The number of nitrogens with two attached hydrogens (primary N) is 2. The summed E-state index contributed by atoms with van der Waals surface area (Å²) in [4.78, 5) is 21.9. The molecule has 0 heterocycles. The Morgan fingerprint density at radius 2 is 1.47 bits per heavy atom. The highest BCUT2D eigenvalue weighted by Crippen LogP contribution is 2.26. The fourth-order valence-electron chi connectivity index (χ4n) is 3.50. The minimum atomic E-state index is -0.305. The monoisotopic (exact) mass is 488 g/mol. The largest absolute Gasteiger partial charge is 0.387 e. The van der Waals surface area contributed by atoms with E-state index in [1.165, 1.54) is 0 Å². The fourth-order valence-corrected chi connectivity index (χ4v) is 3.50. The number of allylic oxidation sites excluding steroid dienone is 2. The van der Waals surface area contributed by atoms with Crippen molar-refractivity contribution < 1.29 is 4.79 Å². The van der Waals surface area contributed by atoms with Crippen molar-refractivity contribution in [2.45, 2.75) is 61.3 Å². The van der Waals surface area contributed by atoms with E-state index in [1.807, 2.05) is 90.1 Å². The first-order valence-electron chi connectivity index (χ1n) is 12.4.